The summed E-state index contributed by atoms with van der Waals surface area (Å²) in [4.78, 5) is 23.1. The van der Waals surface area contributed by atoms with Gasteiger partial charge < -0.3 is 10.3 Å². The molecular weight excluding hydrogens is 458 g/mol. The van der Waals surface area contributed by atoms with Gasteiger partial charge in [0.1, 0.15) is 11.5 Å². The van der Waals surface area contributed by atoms with Crippen LogP contribution < -0.4 is 5.32 Å². The van der Waals surface area contributed by atoms with Crippen LogP contribution in [0.5, 0.6) is 0 Å². The summed E-state index contributed by atoms with van der Waals surface area (Å²) in [5.74, 6) is -0.246. The summed E-state index contributed by atoms with van der Waals surface area (Å²) in [5, 5.41) is 4.23. The molecule has 2 heterocycles. The number of halogens is 6. The molecule has 5 nitrogen and oxygen atoms in total. The molecule has 2 N–H and O–H groups in total. The number of nitrogens with one attached hydrogen (secondary N) is 2. The summed E-state index contributed by atoms with van der Waals surface area (Å²) < 4.78 is 78.4. The molecule has 4 rings (SSSR count). The number of hydrogen-bond donors (Lipinski definition) is 2. The van der Waals surface area contributed by atoms with Crippen molar-refractivity contribution >= 4 is 34.0 Å². The van der Waals surface area contributed by atoms with Crippen LogP contribution in [0.4, 0.5) is 32.0 Å². The lowest BCUT2D eigenvalue weighted by molar-refractivity contribution is -0.143. The lowest BCUT2D eigenvalue weighted by atomic mass is 10.0. The Morgan fingerprint density at radius 1 is 1.00 bits per heavy atom. The van der Waals surface area contributed by atoms with Crippen LogP contribution in [0, 0.1) is 0 Å². The lowest BCUT2D eigenvalue weighted by Gasteiger charge is -2.13. The molecule has 0 bridgehead atoms. The molecule has 0 unspecified atom stereocenters. The predicted octanol–water partition coefficient (Wildman–Crippen LogP) is 5.90. The van der Waals surface area contributed by atoms with Crippen LogP contribution in [-0.2, 0) is 18.8 Å². The molecule has 2 aromatic carbocycles. The van der Waals surface area contributed by atoms with E-state index in [9.17, 15) is 31.1 Å². The summed E-state index contributed by atoms with van der Waals surface area (Å²) in [6.07, 6.45) is -10.1. The van der Waals surface area contributed by atoms with E-state index < -0.39 is 29.4 Å². The first-order valence-corrected chi connectivity index (χ1v) is 9.90. The number of carbonyl (C=O) groups is 1. The van der Waals surface area contributed by atoms with Crippen LogP contribution >= 0.6 is 11.3 Å². The van der Waals surface area contributed by atoms with Gasteiger partial charge in [-0.05, 0) is 42.0 Å². The third-order valence-corrected chi connectivity index (χ3v) is 5.06. The first-order chi connectivity index (χ1) is 15.0. The van der Waals surface area contributed by atoms with Gasteiger partial charge in [-0.3, -0.25) is 4.79 Å². The topological polar surface area (TPSA) is 70.7 Å². The van der Waals surface area contributed by atoms with E-state index in [4.69, 9.17) is 0 Å². The first-order valence-electron chi connectivity index (χ1n) is 8.95. The molecule has 4 aromatic rings. The van der Waals surface area contributed by atoms with Crippen molar-refractivity contribution in [2.24, 2.45) is 0 Å². The van der Waals surface area contributed by atoms with Crippen LogP contribution in [0.3, 0.4) is 0 Å². The highest BCUT2D eigenvalue weighted by Crippen LogP contribution is 2.36. The fraction of sp³-hybridized carbons (Fsp3) is 0.150. The number of aromatic nitrogens is 3. The molecule has 1 amide bonds. The second kappa shape index (κ2) is 7.93. The Kier molecular flexibility index (Phi) is 5.41. The Bertz CT molecular complexity index is 1250. The maximum Gasteiger partial charge on any atom is 0.416 e. The first kappa shape index (κ1) is 21.8. The van der Waals surface area contributed by atoms with Crippen molar-refractivity contribution < 1.29 is 31.1 Å². The van der Waals surface area contributed by atoms with Crippen molar-refractivity contribution in [2.45, 2.75) is 18.8 Å². The van der Waals surface area contributed by atoms with E-state index in [1.807, 2.05) is 0 Å². The second-order valence-electron chi connectivity index (χ2n) is 6.83. The molecule has 0 aliphatic rings. The average molecular weight is 470 g/mol. The molecule has 0 radical (unpaired) electrons. The number of H-pyrrole nitrogens is 1. The largest absolute Gasteiger partial charge is 0.416 e. The number of fused-ring (bicyclic) bond motifs is 1. The SMILES string of the molecule is O=C(Nc1ccc2nc(Cc3cc(C(F)(F)F)cc(C(F)(F)F)c3)[nH]c2c1)c1cscn1. The van der Waals surface area contributed by atoms with E-state index in [0.717, 1.165) is 0 Å². The van der Waals surface area contributed by atoms with Crippen LogP contribution in [-0.4, -0.2) is 20.9 Å². The maximum absolute atomic E-state index is 13.1. The van der Waals surface area contributed by atoms with E-state index in [1.165, 1.54) is 16.8 Å². The minimum atomic E-state index is -4.92. The Morgan fingerprint density at radius 3 is 2.28 bits per heavy atom. The minimum Gasteiger partial charge on any atom is -0.342 e. The Hall–Kier alpha value is -3.41. The molecule has 0 spiro atoms. The minimum absolute atomic E-state index is 0.0828. The molecule has 32 heavy (non-hydrogen) atoms. The zero-order valence-corrected chi connectivity index (χ0v) is 16.6. The van der Waals surface area contributed by atoms with Gasteiger partial charge in [0.15, 0.2) is 0 Å². The van der Waals surface area contributed by atoms with Gasteiger partial charge in [-0.25, -0.2) is 9.97 Å². The maximum atomic E-state index is 13.1. The fourth-order valence-corrected chi connectivity index (χ4v) is 3.59. The Morgan fingerprint density at radius 2 is 1.69 bits per heavy atom. The molecule has 0 aliphatic carbocycles. The van der Waals surface area contributed by atoms with Gasteiger partial charge in [-0.15, -0.1) is 11.3 Å². The molecule has 166 valence electrons. The fourth-order valence-electron chi connectivity index (χ4n) is 3.06. The number of anilines is 1. The molecule has 0 fully saturated rings. The number of thiazole rings is 1. The number of amides is 1. The van der Waals surface area contributed by atoms with Crippen LogP contribution in [0.25, 0.3) is 11.0 Å². The van der Waals surface area contributed by atoms with E-state index >= 15 is 0 Å². The molecule has 0 saturated carbocycles. The van der Waals surface area contributed by atoms with Gasteiger partial charge in [0, 0.05) is 17.5 Å². The van der Waals surface area contributed by atoms with Crippen molar-refractivity contribution in [2.75, 3.05) is 5.32 Å². The van der Waals surface area contributed by atoms with Gasteiger partial charge in [-0.1, -0.05) is 0 Å². The van der Waals surface area contributed by atoms with E-state index in [-0.39, 0.29) is 29.6 Å². The summed E-state index contributed by atoms with van der Waals surface area (Å²) >= 11 is 1.26. The third-order valence-electron chi connectivity index (χ3n) is 4.47. The van der Waals surface area contributed by atoms with Crippen molar-refractivity contribution in [3.63, 3.8) is 0 Å². The van der Waals surface area contributed by atoms with Gasteiger partial charge in [-0.2, -0.15) is 26.3 Å². The quantitative estimate of drug-likeness (QED) is 0.365. The zero-order chi connectivity index (χ0) is 23.1. The highest BCUT2D eigenvalue weighted by molar-refractivity contribution is 7.07. The molecule has 0 atom stereocenters. The highest BCUT2D eigenvalue weighted by atomic mass is 32.1. The van der Waals surface area contributed by atoms with Gasteiger partial charge >= 0.3 is 12.4 Å². The Labute approximate surface area is 180 Å². The van der Waals surface area contributed by atoms with Crippen molar-refractivity contribution in [3.8, 4) is 0 Å². The number of alkyl halides is 6. The zero-order valence-electron chi connectivity index (χ0n) is 15.8. The van der Waals surface area contributed by atoms with E-state index in [2.05, 4.69) is 20.3 Å². The number of benzene rings is 2. The number of nitrogens with zero attached hydrogens (tertiary/aromatic N) is 2. The monoisotopic (exact) mass is 470 g/mol. The van der Waals surface area contributed by atoms with Crippen LogP contribution in [0.2, 0.25) is 0 Å². The smallest absolute Gasteiger partial charge is 0.342 e. The molecular formula is C20H12F6N4OS. The van der Waals surface area contributed by atoms with Gasteiger partial charge in [0.25, 0.3) is 5.91 Å². The Balaban J connectivity index is 1.61. The second-order valence-corrected chi connectivity index (χ2v) is 7.55. The number of imidazole rings is 1. The van der Waals surface area contributed by atoms with Crippen molar-refractivity contribution in [1.29, 1.82) is 0 Å². The normalized spacial score (nSPS) is 12.3. The number of carbonyl (C=O) groups excluding carboxylic acids is 1. The number of rotatable bonds is 4. The van der Waals surface area contributed by atoms with Crippen LogP contribution in [0.1, 0.15) is 33.0 Å². The summed E-state index contributed by atoms with van der Waals surface area (Å²) in [6, 6.07) is 6.12. The third kappa shape index (κ3) is 4.74. The molecule has 2 aromatic heterocycles. The van der Waals surface area contributed by atoms with Crippen LogP contribution in [0.15, 0.2) is 47.3 Å². The van der Waals surface area contributed by atoms with Gasteiger partial charge in [0.2, 0.25) is 0 Å². The van der Waals surface area contributed by atoms with Gasteiger partial charge in [0.05, 0.1) is 27.7 Å². The van der Waals surface area contributed by atoms with Crippen molar-refractivity contribution in [3.05, 3.63) is 75.5 Å². The standard InChI is InChI=1S/C20H12F6N4OS/c21-19(22,23)11-3-10(4-12(6-11)20(24,25)26)5-17-29-14-2-1-13(7-15(14)30-17)28-18(31)16-8-32-9-27-16/h1-4,6-9H,5H2,(H,28,31)(H,29,30). The lowest BCUT2D eigenvalue weighted by Crippen LogP contribution is -2.12. The number of aromatic amines is 1. The predicted molar refractivity (Wildman–Crippen MR) is 105 cm³/mol. The average Bonchev–Trinajstić information content (AvgIpc) is 3.35. The van der Waals surface area contributed by atoms with Crippen molar-refractivity contribution in [1.82, 2.24) is 15.0 Å². The summed E-state index contributed by atoms with van der Waals surface area (Å²) in [7, 11) is 0. The van der Waals surface area contributed by atoms with E-state index in [0.29, 0.717) is 28.9 Å². The molecule has 0 saturated heterocycles. The summed E-state index contributed by atoms with van der Waals surface area (Å²) in [6.45, 7) is 0. The van der Waals surface area contributed by atoms with E-state index in [1.54, 1.807) is 23.6 Å². The number of hydrogen-bond acceptors (Lipinski definition) is 4. The molecule has 0 aliphatic heterocycles. The highest BCUT2D eigenvalue weighted by Gasteiger charge is 2.36. The summed E-state index contributed by atoms with van der Waals surface area (Å²) in [5.41, 5.74) is 0.111. The molecule has 12 heteroatoms.